The van der Waals surface area contributed by atoms with Gasteiger partial charge in [0.2, 0.25) is 0 Å². The average Bonchev–Trinajstić information content (AvgIpc) is 2.33. The molecule has 1 rings (SSSR count). The first-order valence-electron chi connectivity index (χ1n) is 6.31. The lowest BCUT2D eigenvalue weighted by Gasteiger charge is -2.21. The fraction of sp³-hybridized carbons (Fsp3) is 0.429. The van der Waals surface area contributed by atoms with Crippen molar-refractivity contribution >= 4 is 24.1 Å². The molecule has 1 unspecified atom stereocenters. The highest BCUT2D eigenvalue weighted by Crippen LogP contribution is 2.36. The van der Waals surface area contributed by atoms with Crippen LogP contribution in [0.25, 0.3) is 0 Å². The monoisotopic (exact) mass is 335 g/mol. The lowest BCUT2D eigenvalue weighted by Crippen LogP contribution is -2.35. The number of rotatable bonds is 4. The molecular weight excluding hydrogens is 319 g/mol. The van der Waals surface area contributed by atoms with E-state index in [1.54, 1.807) is 20.8 Å². The predicted molar refractivity (Wildman–Crippen MR) is 76.5 cm³/mol. The first-order valence-corrected chi connectivity index (χ1v) is 7.12. The van der Waals surface area contributed by atoms with Crippen LogP contribution in [0.2, 0.25) is 0 Å². The van der Waals surface area contributed by atoms with Gasteiger partial charge in [-0.2, -0.15) is 13.2 Å². The van der Waals surface area contributed by atoms with Crippen molar-refractivity contribution in [3.8, 4) is 0 Å². The summed E-state index contributed by atoms with van der Waals surface area (Å²) in [7, 11) is 0. The molecule has 0 aliphatic rings. The first-order chi connectivity index (χ1) is 10.00. The summed E-state index contributed by atoms with van der Waals surface area (Å²) < 4.78 is 41.7. The molecule has 1 N–H and O–H groups in total. The summed E-state index contributed by atoms with van der Waals surface area (Å²) in [5.41, 5.74) is -4.72. The number of halogens is 3. The molecule has 0 fully saturated rings. The summed E-state index contributed by atoms with van der Waals surface area (Å²) in [5.74, 6) is 0. The smallest absolute Gasteiger partial charge is 0.444 e. The SMILES string of the molecule is CC(C)(C)OC(=O)NC(C=O)c1ccc(SC(F)(F)F)cc1. The Balaban J connectivity index is 2.75. The Morgan fingerprint density at radius 1 is 1.23 bits per heavy atom. The van der Waals surface area contributed by atoms with E-state index < -0.39 is 23.2 Å². The molecule has 0 bridgehead atoms. The van der Waals surface area contributed by atoms with Gasteiger partial charge < -0.3 is 14.8 Å². The van der Waals surface area contributed by atoms with Crippen LogP contribution in [0, 0.1) is 0 Å². The number of benzene rings is 1. The number of hydrogen-bond donors (Lipinski definition) is 1. The normalized spacial score (nSPS) is 13.4. The lowest BCUT2D eigenvalue weighted by atomic mass is 10.1. The Bertz CT molecular complexity index is 524. The zero-order chi connectivity index (χ0) is 17.0. The van der Waals surface area contributed by atoms with Crippen molar-refractivity contribution in [2.24, 2.45) is 0 Å². The molecule has 0 saturated heterocycles. The number of alkyl carbamates (subject to hydrolysis) is 1. The molecule has 22 heavy (non-hydrogen) atoms. The van der Waals surface area contributed by atoms with E-state index in [-0.39, 0.29) is 16.7 Å². The molecule has 0 heterocycles. The molecule has 1 atom stereocenters. The number of carbonyl (C=O) groups excluding carboxylic acids is 2. The largest absolute Gasteiger partial charge is 0.446 e. The Labute approximate surface area is 130 Å². The highest BCUT2D eigenvalue weighted by molar-refractivity contribution is 8.00. The van der Waals surface area contributed by atoms with Crippen LogP contribution in [0.1, 0.15) is 32.4 Å². The summed E-state index contributed by atoms with van der Waals surface area (Å²) in [5, 5.41) is 2.35. The van der Waals surface area contributed by atoms with Crippen LogP contribution < -0.4 is 5.32 Å². The molecular formula is C14H16F3NO3S. The average molecular weight is 335 g/mol. The molecule has 0 aromatic heterocycles. The minimum absolute atomic E-state index is 0.00170. The van der Waals surface area contributed by atoms with Gasteiger partial charge in [0.05, 0.1) is 0 Å². The third kappa shape index (κ3) is 6.84. The van der Waals surface area contributed by atoms with Crippen molar-refractivity contribution in [1.82, 2.24) is 5.32 Å². The van der Waals surface area contributed by atoms with E-state index >= 15 is 0 Å². The number of hydrogen-bond acceptors (Lipinski definition) is 4. The standard InChI is InChI=1S/C14H16F3NO3S/c1-13(2,3)21-12(20)18-11(8-19)9-4-6-10(7-5-9)22-14(15,16)17/h4-8,11H,1-3H3,(H,18,20). The van der Waals surface area contributed by atoms with Gasteiger partial charge in [0.15, 0.2) is 0 Å². The minimum atomic E-state index is -4.37. The summed E-state index contributed by atoms with van der Waals surface area (Å²) in [6.07, 6.45) is -0.297. The fourth-order valence-corrected chi connectivity index (χ4v) is 2.05. The van der Waals surface area contributed by atoms with Gasteiger partial charge in [0.1, 0.15) is 17.9 Å². The van der Waals surface area contributed by atoms with E-state index in [0.717, 1.165) is 0 Å². The molecule has 0 aliphatic carbocycles. The molecule has 1 aromatic rings. The zero-order valence-electron chi connectivity index (χ0n) is 12.2. The van der Waals surface area contributed by atoms with E-state index in [4.69, 9.17) is 4.74 Å². The van der Waals surface area contributed by atoms with Crippen molar-refractivity contribution in [1.29, 1.82) is 0 Å². The Hall–Kier alpha value is -1.70. The summed E-state index contributed by atoms with van der Waals surface area (Å²) in [4.78, 5) is 22.7. The Morgan fingerprint density at radius 2 is 1.77 bits per heavy atom. The Morgan fingerprint density at radius 3 is 2.18 bits per heavy atom. The van der Waals surface area contributed by atoms with Gasteiger partial charge >= 0.3 is 11.6 Å². The highest BCUT2D eigenvalue weighted by Gasteiger charge is 2.29. The molecule has 122 valence electrons. The number of thioether (sulfide) groups is 1. The van der Waals surface area contributed by atoms with Crippen LogP contribution >= 0.6 is 11.8 Å². The molecule has 0 aliphatic heterocycles. The second-order valence-electron chi connectivity index (χ2n) is 5.38. The number of nitrogens with one attached hydrogen (secondary N) is 1. The van der Waals surface area contributed by atoms with Crippen molar-refractivity contribution < 1.29 is 27.5 Å². The number of alkyl halides is 3. The zero-order valence-corrected chi connectivity index (χ0v) is 13.0. The summed E-state index contributed by atoms with van der Waals surface area (Å²) in [6.45, 7) is 5.02. The van der Waals surface area contributed by atoms with Crippen LogP contribution in [0.4, 0.5) is 18.0 Å². The van der Waals surface area contributed by atoms with E-state index in [1.807, 2.05) is 0 Å². The third-order valence-electron chi connectivity index (χ3n) is 2.28. The molecule has 0 saturated carbocycles. The quantitative estimate of drug-likeness (QED) is 0.666. The van der Waals surface area contributed by atoms with Crippen molar-refractivity contribution in [3.63, 3.8) is 0 Å². The number of amides is 1. The molecule has 0 spiro atoms. The molecule has 4 nitrogen and oxygen atoms in total. The van der Waals surface area contributed by atoms with E-state index in [2.05, 4.69) is 5.32 Å². The van der Waals surface area contributed by atoms with Crippen LogP contribution in [0.15, 0.2) is 29.2 Å². The van der Waals surface area contributed by atoms with Crippen LogP contribution in [-0.2, 0) is 9.53 Å². The van der Waals surface area contributed by atoms with E-state index in [0.29, 0.717) is 11.8 Å². The predicted octanol–water partition coefficient (Wildman–Crippen LogP) is 4.06. The minimum Gasteiger partial charge on any atom is -0.444 e. The topological polar surface area (TPSA) is 55.4 Å². The molecule has 1 aromatic carbocycles. The second kappa shape index (κ2) is 7.04. The summed E-state index contributed by atoms with van der Waals surface area (Å²) >= 11 is -0.250. The van der Waals surface area contributed by atoms with E-state index in [1.165, 1.54) is 24.3 Å². The first kappa shape index (κ1) is 18.3. The number of ether oxygens (including phenoxy) is 1. The Kier molecular flexibility index (Phi) is 5.87. The van der Waals surface area contributed by atoms with Crippen LogP contribution in [0.5, 0.6) is 0 Å². The van der Waals surface area contributed by atoms with Crippen molar-refractivity contribution in [3.05, 3.63) is 29.8 Å². The van der Waals surface area contributed by atoms with Gasteiger partial charge in [-0.25, -0.2) is 4.79 Å². The maximum Gasteiger partial charge on any atom is 0.446 e. The summed E-state index contributed by atoms with van der Waals surface area (Å²) in [6, 6.07) is 4.19. The van der Waals surface area contributed by atoms with Gasteiger partial charge in [-0.3, -0.25) is 0 Å². The van der Waals surface area contributed by atoms with E-state index in [9.17, 15) is 22.8 Å². The highest BCUT2D eigenvalue weighted by atomic mass is 32.2. The second-order valence-corrected chi connectivity index (χ2v) is 6.52. The van der Waals surface area contributed by atoms with Crippen LogP contribution in [-0.4, -0.2) is 23.5 Å². The maximum absolute atomic E-state index is 12.2. The maximum atomic E-state index is 12.2. The van der Waals surface area contributed by atoms with Gasteiger partial charge in [-0.05, 0) is 50.2 Å². The number of carbonyl (C=O) groups is 2. The van der Waals surface area contributed by atoms with Gasteiger partial charge in [0, 0.05) is 4.90 Å². The van der Waals surface area contributed by atoms with Gasteiger partial charge in [-0.1, -0.05) is 12.1 Å². The van der Waals surface area contributed by atoms with Crippen LogP contribution in [0.3, 0.4) is 0 Å². The molecule has 0 radical (unpaired) electrons. The molecule has 8 heteroatoms. The third-order valence-corrected chi connectivity index (χ3v) is 3.02. The van der Waals surface area contributed by atoms with Crippen molar-refractivity contribution in [2.75, 3.05) is 0 Å². The molecule has 1 amide bonds. The van der Waals surface area contributed by atoms with Crippen molar-refractivity contribution in [2.45, 2.75) is 42.8 Å². The number of aldehydes is 1. The van der Waals surface area contributed by atoms with Gasteiger partial charge in [0.25, 0.3) is 0 Å². The van der Waals surface area contributed by atoms with Gasteiger partial charge in [-0.15, -0.1) is 0 Å². The lowest BCUT2D eigenvalue weighted by molar-refractivity contribution is -0.109. The fourth-order valence-electron chi connectivity index (χ4n) is 1.51.